The van der Waals surface area contributed by atoms with Crippen molar-refractivity contribution in [2.24, 2.45) is 0 Å². The molecule has 0 saturated heterocycles. The van der Waals surface area contributed by atoms with E-state index in [1.54, 1.807) is 29.9 Å². The fraction of sp³-hybridized carbons (Fsp3) is 0.148. The van der Waals surface area contributed by atoms with Crippen LogP contribution in [0.3, 0.4) is 0 Å². The number of hydrogen-bond acceptors (Lipinski definition) is 4. The second-order valence-electron chi connectivity index (χ2n) is 8.40. The van der Waals surface area contributed by atoms with Crippen molar-refractivity contribution >= 4 is 5.65 Å². The highest BCUT2D eigenvalue weighted by Crippen LogP contribution is 2.25. The van der Waals surface area contributed by atoms with Gasteiger partial charge in [-0.25, -0.2) is 18.4 Å². The molecule has 0 N–H and O–H groups in total. The molecule has 6 nitrogen and oxygen atoms in total. The van der Waals surface area contributed by atoms with Crippen LogP contribution in [0.15, 0.2) is 71.7 Å². The van der Waals surface area contributed by atoms with Crippen molar-refractivity contribution in [2.45, 2.75) is 27.4 Å². The summed E-state index contributed by atoms with van der Waals surface area (Å²) in [6.07, 6.45) is 1.61. The summed E-state index contributed by atoms with van der Waals surface area (Å²) in [6, 6.07) is 16.8. The molecule has 176 valence electrons. The summed E-state index contributed by atoms with van der Waals surface area (Å²) in [6.45, 7) is 5.70. The Morgan fingerprint density at radius 3 is 2.54 bits per heavy atom. The maximum atomic E-state index is 13.5. The van der Waals surface area contributed by atoms with Crippen LogP contribution in [-0.4, -0.2) is 19.2 Å². The van der Waals surface area contributed by atoms with Crippen molar-refractivity contribution in [3.05, 3.63) is 111 Å². The fourth-order valence-corrected chi connectivity index (χ4v) is 4.06. The van der Waals surface area contributed by atoms with Gasteiger partial charge in [0.15, 0.2) is 23.0 Å². The van der Waals surface area contributed by atoms with E-state index in [0.29, 0.717) is 33.9 Å². The van der Waals surface area contributed by atoms with Crippen LogP contribution in [-0.2, 0) is 6.61 Å². The van der Waals surface area contributed by atoms with E-state index in [1.807, 2.05) is 44.2 Å². The van der Waals surface area contributed by atoms with E-state index >= 15 is 0 Å². The minimum absolute atomic E-state index is 0.00631. The van der Waals surface area contributed by atoms with Gasteiger partial charge in [0.05, 0.1) is 16.9 Å². The number of aromatic nitrogens is 4. The maximum Gasteiger partial charge on any atom is 0.267 e. The molecular formula is C27H22F2N4O2. The van der Waals surface area contributed by atoms with Crippen molar-refractivity contribution in [2.75, 3.05) is 0 Å². The van der Waals surface area contributed by atoms with E-state index in [0.717, 1.165) is 29.1 Å². The molecule has 5 aromatic rings. The SMILES string of the molecule is Cc1cccc(-n2nc(-c3c(C)nc4c(OCc5ccc(F)c(F)c5)cccn4c3=O)cc2C)c1. The Morgan fingerprint density at radius 2 is 1.77 bits per heavy atom. The summed E-state index contributed by atoms with van der Waals surface area (Å²) in [5.74, 6) is -1.51. The molecule has 0 fully saturated rings. The largest absolute Gasteiger partial charge is 0.485 e. The average Bonchev–Trinajstić information content (AvgIpc) is 3.21. The van der Waals surface area contributed by atoms with Gasteiger partial charge in [0.25, 0.3) is 5.56 Å². The Morgan fingerprint density at radius 1 is 0.943 bits per heavy atom. The third-order valence-electron chi connectivity index (χ3n) is 5.77. The number of aryl methyl sites for hydroxylation is 3. The van der Waals surface area contributed by atoms with Gasteiger partial charge in [-0.15, -0.1) is 0 Å². The van der Waals surface area contributed by atoms with E-state index in [4.69, 9.17) is 9.84 Å². The molecule has 35 heavy (non-hydrogen) atoms. The lowest BCUT2D eigenvalue weighted by atomic mass is 10.1. The molecular weight excluding hydrogens is 450 g/mol. The predicted octanol–water partition coefficient (Wildman–Crippen LogP) is 5.33. The standard InChI is InChI=1S/C27H22F2N4O2/c1-16-6-4-7-20(12-16)33-17(2)13-23(31-33)25-18(3)30-26-24(8-5-11-32(26)27(25)34)35-15-19-9-10-21(28)22(29)14-19/h4-14H,15H2,1-3H3. The molecule has 0 spiro atoms. The van der Waals surface area contributed by atoms with Crippen molar-refractivity contribution in [1.29, 1.82) is 0 Å². The van der Waals surface area contributed by atoms with Crippen molar-refractivity contribution in [3.8, 4) is 22.7 Å². The van der Waals surface area contributed by atoms with Gasteiger partial charge in [-0.2, -0.15) is 5.10 Å². The summed E-state index contributed by atoms with van der Waals surface area (Å²) < 4.78 is 35.8. The quantitative estimate of drug-likeness (QED) is 0.347. The molecule has 0 bridgehead atoms. The molecule has 0 radical (unpaired) electrons. The van der Waals surface area contributed by atoms with Crippen LogP contribution < -0.4 is 10.3 Å². The highest BCUT2D eigenvalue weighted by Gasteiger charge is 2.18. The molecule has 5 rings (SSSR count). The molecule has 0 amide bonds. The van der Waals surface area contributed by atoms with E-state index in [1.165, 1.54) is 10.5 Å². The van der Waals surface area contributed by atoms with Gasteiger partial charge in [0.2, 0.25) is 0 Å². The van der Waals surface area contributed by atoms with Crippen molar-refractivity contribution < 1.29 is 13.5 Å². The lowest BCUT2D eigenvalue weighted by Gasteiger charge is -2.12. The molecule has 8 heteroatoms. The number of ether oxygens (including phenoxy) is 1. The summed E-state index contributed by atoms with van der Waals surface area (Å²) in [5, 5.41) is 4.70. The van der Waals surface area contributed by atoms with E-state index in [9.17, 15) is 13.6 Å². The van der Waals surface area contributed by atoms with Gasteiger partial charge >= 0.3 is 0 Å². The summed E-state index contributed by atoms with van der Waals surface area (Å²) in [4.78, 5) is 18.1. The van der Waals surface area contributed by atoms with E-state index in [-0.39, 0.29) is 12.2 Å². The predicted molar refractivity (Wildman–Crippen MR) is 129 cm³/mol. The minimum Gasteiger partial charge on any atom is -0.485 e. The zero-order valence-corrected chi connectivity index (χ0v) is 19.4. The lowest BCUT2D eigenvalue weighted by molar-refractivity contribution is 0.306. The van der Waals surface area contributed by atoms with Gasteiger partial charge in [-0.1, -0.05) is 18.2 Å². The minimum atomic E-state index is -0.945. The fourth-order valence-electron chi connectivity index (χ4n) is 4.06. The smallest absolute Gasteiger partial charge is 0.267 e. The normalized spacial score (nSPS) is 11.2. The molecule has 2 aromatic carbocycles. The van der Waals surface area contributed by atoms with Crippen molar-refractivity contribution in [1.82, 2.24) is 19.2 Å². The van der Waals surface area contributed by atoms with Gasteiger partial charge in [-0.05, 0) is 74.4 Å². The van der Waals surface area contributed by atoms with Crippen LogP contribution in [0.2, 0.25) is 0 Å². The Hall–Kier alpha value is -4.33. The topological polar surface area (TPSA) is 61.4 Å². The lowest BCUT2D eigenvalue weighted by Crippen LogP contribution is -2.19. The first-order valence-electron chi connectivity index (χ1n) is 11.0. The van der Waals surface area contributed by atoms with Crippen LogP contribution in [0.1, 0.15) is 22.5 Å². The second kappa shape index (κ2) is 8.79. The van der Waals surface area contributed by atoms with Gasteiger partial charge < -0.3 is 4.74 Å². The summed E-state index contributed by atoms with van der Waals surface area (Å²) in [5.41, 5.74) is 4.85. The number of benzene rings is 2. The highest BCUT2D eigenvalue weighted by atomic mass is 19.2. The molecule has 0 saturated carbocycles. The summed E-state index contributed by atoms with van der Waals surface area (Å²) >= 11 is 0. The van der Waals surface area contributed by atoms with Crippen LogP contribution in [0, 0.1) is 32.4 Å². The number of rotatable bonds is 5. The molecule has 0 aliphatic carbocycles. The van der Waals surface area contributed by atoms with Gasteiger partial charge in [-0.3, -0.25) is 9.20 Å². The van der Waals surface area contributed by atoms with Crippen LogP contribution in [0.25, 0.3) is 22.6 Å². The van der Waals surface area contributed by atoms with Crippen LogP contribution >= 0.6 is 0 Å². The average molecular weight is 472 g/mol. The Labute approximate surface area is 200 Å². The molecule has 0 aliphatic rings. The number of fused-ring (bicyclic) bond motifs is 1. The molecule has 3 heterocycles. The molecule has 0 unspecified atom stereocenters. The van der Waals surface area contributed by atoms with Crippen LogP contribution in [0.4, 0.5) is 8.78 Å². The zero-order valence-electron chi connectivity index (χ0n) is 19.4. The molecule has 0 aliphatic heterocycles. The molecule has 0 atom stereocenters. The maximum absolute atomic E-state index is 13.5. The van der Waals surface area contributed by atoms with Crippen LogP contribution in [0.5, 0.6) is 5.75 Å². The van der Waals surface area contributed by atoms with E-state index in [2.05, 4.69) is 4.98 Å². The van der Waals surface area contributed by atoms with E-state index < -0.39 is 11.6 Å². The first kappa shape index (κ1) is 22.5. The highest BCUT2D eigenvalue weighted by molar-refractivity contribution is 5.65. The number of hydrogen-bond donors (Lipinski definition) is 0. The Bertz CT molecular complexity index is 1640. The Balaban J connectivity index is 1.54. The zero-order chi connectivity index (χ0) is 24.7. The number of nitrogens with zero attached hydrogens (tertiary/aromatic N) is 4. The second-order valence-corrected chi connectivity index (χ2v) is 8.40. The monoisotopic (exact) mass is 472 g/mol. The number of halogens is 2. The first-order valence-corrected chi connectivity index (χ1v) is 11.0. The Kier molecular flexibility index (Phi) is 5.64. The van der Waals surface area contributed by atoms with Crippen molar-refractivity contribution in [3.63, 3.8) is 0 Å². The van der Waals surface area contributed by atoms with Gasteiger partial charge in [0, 0.05) is 11.9 Å². The third-order valence-corrected chi connectivity index (χ3v) is 5.77. The third kappa shape index (κ3) is 4.19. The first-order chi connectivity index (χ1) is 16.8. The molecule has 3 aromatic heterocycles. The summed E-state index contributed by atoms with van der Waals surface area (Å²) in [7, 11) is 0. The number of pyridine rings is 1. The van der Waals surface area contributed by atoms with Gasteiger partial charge in [0.1, 0.15) is 12.3 Å².